The fourth-order valence-corrected chi connectivity index (χ4v) is 7.62. The first-order chi connectivity index (χ1) is 27.2. The van der Waals surface area contributed by atoms with Gasteiger partial charge in [0.25, 0.3) is 0 Å². The Balaban J connectivity index is 0.000000928. The van der Waals surface area contributed by atoms with E-state index in [0.717, 1.165) is 27.3 Å². The predicted molar refractivity (Wildman–Crippen MR) is 238 cm³/mol. The Morgan fingerprint density at radius 3 is 1.22 bits per heavy atom. The number of hydrogen-bond donors (Lipinski definition) is 0. The first-order valence-electron chi connectivity index (χ1n) is 21.6. The molecule has 0 spiro atoms. The van der Waals surface area contributed by atoms with Crippen LogP contribution in [0.15, 0.2) is 24.3 Å². The van der Waals surface area contributed by atoms with Crippen LogP contribution in [0.25, 0.3) is 0 Å². The summed E-state index contributed by atoms with van der Waals surface area (Å²) >= 11 is 6.24. The van der Waals surface area contributed by atoms with Crippen LogP contribution >= 0.6 is 11.6 Å². The molecule has 0 amide bonds. The molecule has 2 aromatic carbocycles. The topological polar surface area (TPSA) is 71.1 Å². The van der Waals surface area contributed by atoms with Crippen LogP contribution < -0.4 is 51.4 Å². The van der Waals surface area contributed by atoms with Crippen LogP contribution in [0.3, 0.4) is 0 Å². The molecule has 4 rings (SSSR count). The SMILES string of the molecule is CC(C)c1cc(COC2CCCC2)cc(C(C)C)c1CC(=O)OC(C)(C)C.CC(C)c1cc(Cl)cc(C(C)C)c1CC(=O)OC(C)(C)C.FB(F)F.[CH2-]OC1CCCC1.[K+]. The van der Waals surface area contributed by atoms with Gasteiger partial charge in [-0.3, -0.25) is 22.5 Å². The molecule has 60 heavy (non-hydrogen) atoms. The first-order valence-corrected chi connectivity index (χ1v) is 22.0. The van der Waals surface area contributed by atoms with Gasteiger partial charge in [0.05, 0.1) is 25.6 Å². The van der Waals surface area contributed by atoms with E-state index in [-0.39, 0.29) is 63.3 Å². The number of esters is 2. The third kappa shape index (κ3) is 24.2. The standard InChI is InChI=1S/C24H38O3.C18H27ClO2.C6H11O.BF3.K/c1-16(2)20-12-18(15-26-19-10-8-9-11-19)13-21(17(3)4)22(20)14-23(25)27-24(5,6)7;1-11(2)14-8-13(19)9-15(12(3)4)16(14)10-17(20)21-18(5,6)7;1-7-6-4-2-3-5-6;2-1(3)4;/h12-13,16-17,19H,8-11,14-15H2,1-7H3;8-9,11-12H,10H2,1-7H3;6H,1-5H2;;/q;;-1;;+1. The maximum atomic E-state index is 12.5. The number of halogens is 4. The quantitative estimate of drug-likeness (QED) is 0.120. The summed E-state index contributed by atoms with van der Waals surface area (Å²) in [5.74, 6) is 1.00. The summed E-state index contributed by atoms with van der Waals surface area (Å²) in [7, 11) is -0.299. The van der Waals surface area contributed by atoms with Crippen LogP contribution in [0, 0.1) is 7.11 Å². The van der Waals surface area contributed by atoms with E-state index in [1.54, 1.807) is 0 Å². The predicted octanol–water partition coefficient (Wildman–Crippen LogP) is 11.4. The molecule has 0 N–H and O–H groups in total. The van der Waals surface area contributed by atoms with Crippen LogP contribution in [0.5, 0.6) is 0 Å². The number of carbonyl (C=O) groups is 2. The Morgan fingerprint density at radius 2 is 0.950 bits per heavy atom. The molecule has 2 fully saturated rings. The smallest absolute Gasteiger partial charge is 0.553 e. The zero-order chi connectivity index (χ0) is 45.2. The Bertz CT molecular complexity index is 1500. The molecule has 12 heteroatoms. The zero-order valence-electron chi connectivity index (χ0n) is 39.8. The van der Waals surface area contributed by atoms with Gasteiger partial charge in [-0.15, -0.1) is 0 Å². The minimum Gasteiger partial charge on any atom is -0.553 e. The van der Waals surface area contributed by atoms with Crippen LogP contribution in [-0.4, -0.2) is 42.9 Å². The molecule has 6 nitrogen and oxygen atoms in total. The van der Waals surface area contributed by atoms with Crippen molar-refractivity contribution in [1.29, 1.82) is 0 Å². The Labute approximate surface area is 410 Å². The first kappa shape index (κ1) is 59.1. The van der Waals surface area contributed by atoms with Gasteiger partial charge in [-0.2, -0.15) is 0 Å². The van der Waals surface area contributed by atoms with Crippen molar-refractivity contribution in [3.05, 3.63) is 75.3 Å². The van der Waals surface area contributed by atoms with Gasteiger partial charge in [-0.25, -0.2) is 7.11 Å². The van der Waals surface area contributed by atoms with Crippen molar-refractivity contribution >= 4 is 31.1 Å². The summed E-state index contributed by atoms with van der Waals surface area (Å²) in [6.45, 7) is 29.3. The largest absolute Gasteiger partial charge is 1.00 e. The van der Waals surface area contributed by atoms with Crippen molar-refractivity contribution in [3.63, 3.8) is 0 Å². The minimum absolute atomic E-state index is 0. The van der Waals surface area contributed by atoms with Crippen molar-refractivity contribution in [2.24, 2.45) is 0 Å². The number of benzene rings is 2. The average Bonchev–Trinajstić information content (AvgIpc) is 3.81. The second kappa shape index (κ2) is 28.8. The summed E-state index contributed by atoms with van der Waals surface area (Å²) in [5, 5.41) is 0.732. The molecule has 0 saturated heterocycles. The molecule has 0 aliphatic heterocycles. The molecule has 0 aromatic heterocycles. The molecule has 0 unspecified atom stereocenters. The number of carbonyl (C=O) groups excluding carboxylic acids is 2. The van der Waals surface area contributed by atoms with E-state index in [1.807, 2.05) is 53.7 Å². The molecule has 0 radical (unpaired) electrons. The van der Waals surface area contributed by atoms with E-state index >= 15 is 0 Å². The van der Waals surface area contributed by atoms with Gasteiger partial charge in [0.15, 0.2) is 0 Å². The number of hydrogen-bond acceptors (Lipinski definition) is 6. The van der Waals surface area contributed by atoms with Crippen LogP contribution in [-0.2, 0) is 48.0 Å². The summed E-state index contributed by atoms with van der Waals surface area (Å²) in [6, 6.07) is 8.42. The van der Waals surface area contributed by atoms with Gasteiger partial charge in [0, 0.05) is 11.1 Å². The Morgan fingerprint density at radius 1 is 0.650 bits per heavy atom. The number of ether oxygens (including phenoxy) is 4. The van der Waals surface area contributed by atoms with Crippen LogP contribution in [0.1, 0.15) is 211 Å². The Hall–Kier alpha value is -0.919. The monoisotopic (exact) mass is 891 g/mol. The Kier molecular flexibility index (Phi) is 28.3. The van der Waals surface area contributed by atoms with Gasteiger partial charge >= 0.3 is 70.9 Å². The molecule has 0 bridgehead atoms. The van der Waals surface area contributed by atoms with Crippen molar-refractivity contribution in [2.75, 3.05) is 0 Å². The zero-order valence-corrected chi connectivity index (χ0v) is 43.7. The van der Waals surface area contributed by atoms with Crippen molar-refractivity contribution in [3.8, 4) is 0 Å². The van der Waals surface area contributed by atoms with Crippen LogP contribution in [0.4, 0.5) is 12.9 Å². The summed E-state index contributed by atoms with van der Waals surface area (Å²) in [5.41, 5.74) is 7.28. The van der Waals surface area contributed by atoms with Gasteiger partial charge in [0.1, 0.15) is 11.2 Å². The maximum absolute atomic E-state index is 12.5. The average molecular weight is 891 g/mol. The third-order valence-corrected chi connectivity index (χ3v) is 10.2. The molecule has 2 aliphatic carbocycles. The van der Waals surface area contributed by atoms with Gasteiger partial charge in [0.2, 0.25) is 0 Å². The number of rotatable bonds is 12. The van der Waals surface area contributed by atoms with E-state index in [1.165, 1.54) is 68.1 Å². The second-order valence-corrected chi connectivity index (χ2v) is 19.4. The molecule has 0 heterocycles. The molecule has 336 valence electrons. The summed E-state index contributed by atoms with van der Waals surface area (Å²) < 4.78 is 51.1. The van der Waals surface area contributed by atoms with Gasteiger partial charge < -0.3 is 18.9 Å². The molecular weight excluding hydrogens is 815 g/mol. The normalized spacial score (nSPS) is 14.5. The van der Waals surface area contributed by atoms with E-state index in [0.29, 0.717) is 55.3 Å². The third-order valence-electron chi connectivity index (χ3n) is 9.96. The van der Waals surface area contributed by atoms with E-state index < -0.39 is 18.7 Å². The molecule has 2 aliphatic rings. The van der Waals surface area contributed by atoms with Crippen molar-refractivity contribution < 1.29 is 92.9 Å². The second-order valence-electron chi connectivity index (χ2n) is 19.0. The fraction of sp³-hybridized carbons (Fsp3) is 0.688. The fourth-order valence-electron chi connectivity index (χ4n) is 7.38. The maximum Gasteiger partial charge on any atom is 1.00 e. The van der Waals surface area contributed by atoms with Crippen molar-refractivity contribution in [2.45, 2.75) is 215 Å². The molecule has 2 saturated carbocycles. The minimum atomic E-state index is -3.67. The summed E-state index contributed by atoms with van der Waals surface area (Å²) in [6.07, 6.45) is 11.6. The van der Waals surface area contributed by atoms with E-state index in [4.69, 9.17) is 30.5 Å². The summed E-state index contributed by atoms with van der Waals surface area (Å²) in [4.78, 5) is 24.7. The van der Waals surface area contributed by atoms with Crippen LogP contribution in [0.2, 0.25) is 5.02 Å². The molecular formula is C48H76BClF3KO6. The molecule has 2 aromatic rings. The molecule has 0 atom stereocenters. The van der Waals surface area contributed by atoms with E-state index in [9.17, 15) is 22.5 Å². The van der Waals surface area contributed by atoms with E-state index in [2.05, 4.69) is 74.6 Å². The van der Waals surface area contributed by atoms with Crippen molar-refractivity contribution in [1.82, 2.24) is 0 Å². The van der Waals surface area contributed by atoms with Gasteiger partial charge in [-0.1, -0.05) is 105 Å². The van der Waals surface area contributed by atoms with Gasteiger partial charge in [-0.05, 0) is 142 Å².